The van der Waals surface area contributed by atoms with E-state index in [-0.39, 0.29) is 42.4 Å². The van der Waals surface area contributed by atoms with Gasteiger partial charge in [-0.3, -0.25) is 14.4 Å². The second-order valence-electron chi connectivity index (χ2n) is 9.73. The van der Waals surface area contributed by atoms with E-state index in [2.05, 4.69) is 29.1 Å². The third-order valence-electron chi connectivity index (χ3n) is 7.83. The summed E-state index contributed by atoms with van der Waals surface area (Å²) in [6.07, 6.45) is 8.90. The van der Waals surface area contributed by atoms with Gasteiger partial charge in [-0.1, -0.05) is 47.3 Å². The number of fused-ring (bicyclic) bond motifs is 1. The first-order chi connectivity index (χ1) is 16.4. The maximum absolute atomic E-state index is 14.2. The molecule has 1 spiro atoms. The zero-order chi connectivity index (χ0) is 24.5. The van der Waals surface area contributed by atoms with Crippen LogP contribution in [0.4, 0.5) is 0 Å². The van der Waals surface area contributed by atoms with Crippen LogP contribution >= 0.6 is 15.9 Å². The molecular weight excluding hydrogens is 504 g/mol. The number of carbonyl (C=O) groups excluding carboxylic acids is 3. The molecule has 0 aromatic carbocycles. The highest BCUT2D eigenvalue weighted by Gasteiger charge is 2.77. The number of amides is 2. The number of hydrogen-bond acceptors (Lipinski definition) is 6. The van der Waals surface area contributed by atoms with E-state index in [1.54, 1.807) is 12.2 Å². The fourth-order valence-electron chi connectivity index (χ4n) is 6.47. The Bertz CT molecular complexity index is 830. The summed E-state index contributed by atoms with van der Waals surface area (Å²) in [5.41, 5.74) is -1.13. The van der Waals surface area contributed by atoms with Gasteiger partial charge in [0.05, 0.1) is 31.2 Å². The van der Waals surface area contributed by atoms with Crippen LogP contribution in [-0.2, 0) is 23.9 Å². The number of aliphatic hydroxyl groups is 1. The van der Waals surface area contributed by atoms with Gasteiger partial charge in [-0.2, -0.15) is 0 Å². The molecule has 9 heteroatoms. The predicted molar refractivity (Wildman–Crippen MR) is 129 cm³/mol. The van der Waals surface area contributed by atoms with Gasteiger partial charge in [-0.15, -0.1) is 13.2 Å². The SMILES string of the molecule is C=CCCOC(=O)[C@H]1[C@@H]2OC3(CC2Br)C(C(=O)N(CC=C)C2CCCCC2)N(CCO)C(=O)[C@H]13. The molecule has 1 aliphatic carbocycles. The molecule has 0 aromatic heterocycles. The van der Waals surface area contributed by atoms with Crippen molar-refractivity contribution in [1.29, 1.82) is 0 Å². The molecule has 3 aliphatic heterocycles. The molecule has 6 atom stereocenters. The van der Waals surface area contributed by atoms with E-state index < -0.39 is 35.6 Å². The highest BCUT2D eigenvalue weighted by molar-refractivity contribution is 9.09. The molecule has 188 valence electrons. The Labute approximate surface area is 209 Å². The fraction of sp³-hybridized carbons (Fsp3) is 0.720. The Morgan fingerprint density at radius 3 is 2.65 bits per heavy atom. The Morgan fingerprint density at radius 1 is 1.26 bits per heavy atom. The number of carbonyl (C=O) groups is 3. The molecule has 1 saturated carbocycles. The van der Waals surface area contributed by atoms with E-state index in [9.17, 15) is 19.5 Å². The lowest BCUT2D eigenvalue weighted by atomic mass is 9.70. The van der Waals surface area contributed by atoms with E-state index >= 15 is 0 Å². The van der Waals surface area contributed by atoms with Crippen LogP contribution in [0, 0.1) is 11.8 Å². The van der Waals surface area contributed by atoms with Crippen molar-refractivity contribution in [3.8, 4) is 0 Å². The van der Waals surface area contributed by atoms with Crippen LogP contribution in [0.1, 0.15) is 44.9 Å². The van der Waals surface area contributed by atoms with Gasteiger partial charge in [0.1, 0.15) is 11.6 Å². The number of aliphatic hydroxyl groups excluding tert-OH is 1. The average Bonchev–Trinajstić information content (AvgIpc) is 3.42. The highest BCUT2D eigenvalue weighted by atomic mass is 79.9. The maximum atomic E-state index is 14.2. The summed E-state index contributed by atoms with van der Waals surface area (Å²) in [5.74, 6) is -2.58. The number of hydrogen-bond donors (Lipinski definition) is 1. The molecule has 8 nitrogen and oxygen atoms in total. The lowest BCUT2D eigenvalue weighted by molar-refractivity contribution is -0.155. The van der Waals surface area contributed by atoms with Gasteiger partial charge in [0.15, 0.2) is 0 Å². The quantitative estimate of drug-likeness (QED) is 0.198. The zero-order valence-corrected chi connectivity index (χ0v) is 21.2. The zero-order valence-electron chi connectivity index (χ0n) is 19.6. The van der Waals surface area contributed by atoms with E-state index in [1.165, 1.54) is 4.90 Å². The van der Waals surface area contributed by atoms with E-state index in [4.69, 9.17) is 9.47 Å². The van der Waals surface area contributed by atoms with Crippen molar-refractivity contribution in [3.05, 3.63) is 25.3 Å². The number of nitrogens with zero attached hydrogens (tertiary/aromatic N) is 2. The number of alkyl halides is 1. The lowest BCUT2D eigenvalue weighted by Gasteiger charge is -2.40. The second kappa shape index (κ2) is 10.5. The average molecular weight is 539 g/mol. The number of esters is 1. The molecule has 2 bridgehead atoms. The van der Waals surface area contributed by atoms with Crippen LogP contribution in [0.15, 0.2) is 25.3 Å². The Hall–Kier alpha value is -1.71. The molecule has 3 unspecified atom stereocenters. The summed E-state index contributed by atoms with van der Waals surface area (Å²) in [5, 5.41) is 9.75. The summed E-state index contributed by atoms with van der Waals surface area (Å²) in [4.78, 5) is 44.0. The first-order valence-electron chi connectivity index (χ1n) is 12.3. The highest BCUT2D eigenvalue weighted by Crippen LogP contribution is 2.60. The Balaban J connectivity index is 1.69. The van der Waals surface area contributed by atoms with Gasteiger partial charge >= 0.3 is 5.97 Å². The number of halogens is 1. The van der Waals surface area contributed by atoms with E-state index in [0.29, 0.717) is 19.4 Å². The largest absolute Gasteiger partial charge is 0.465 e. The van der Waals surface area contributed by atoms with Gasteiger partial charge < -0.3 is 24.4 Å². The minimum Gasteiger partial charge on any atom is -0.465 e. The Kier molecular flexibility index (Phi) is 7.84. The third kappa shape index (κ3) is 4.13. The summed E-state index contributed by atoms with van der Waals surface area (Å²) in [6, 6.07) is -0.811. The molecular formula is C25H35BrN2O6. The second-order valence-corrected chi connectivity index (χ2v) is 10.9. The first-order valence-corrected chi connectivity index (χ1v) is 13.2. The summed E-state index contributed by atoms with van der Waals surface area (Å²) < 4.78 is 11.9. The van der Waals surface area contributed by atoms with Gasteiger partial charge in [-0.05, 0) is 25.7 Å². The molecule has 4 fully saturated rings. The molecule has 0 radical (unpaired) electrons. The van der Waals surface area contributed by atoms with Crippen molar-refractivity contribution in [2.75, 3.05) is 26.3 Å². The number of rotatable bonds is 10. The topological polar surface area (TPSA) is 96.4 Å². The smallest absolute Gasteiger partial charge is 0.312 e. The van der Waals surface area contributed by atoms with Crippen LogP contribution < -0.4 is 0 Å². The maximum Gasteiger partial charge on any atom is 0.312 e. The minimum atomic E-state index is -1.13. The van der Waals surface area contributed by atoms with Crippen LogP contribution in [0.25, 0.3) is 0 Å². The van der Waals surface area contributed by atoms with Crippen molar-refractivity contribution < 1.29 is 29.0 Å². The van der Waals surface area contributed by atoms with Crippen molar-refractivity contribution in [3.63, 3.8) is 0 Å². The van der Waals surface area contributed by atoms with Crippen molar-refractivity contribution in [2.24, 2.45) is 11.8 Å². The number of likely N-dealkylation sites (tertiary alicyclic amines) is 1. The fourth-order valence-corrected chi connectivity index (χ4v) is 7.42. The van der Waals surface area contributed by atoms with Crippen LogP contribution in [0.3, 0.4) is 0 Å². The molecule has 4 aliphatic rings. The monoisotopic (exact) mass is 538 g/mol. The number of ether oxygens (including phenoxy) is 2. The Morgan fingerprint density at radius 2 is 2.00 bits per heavy atom. The number of β-amino-alcohol motifs (C(OH)–C–C–N with tert-alkyl or cyclic N) is 1. The predicted octanol–water partition coefficient (Wildman–Crippen LogP) is 2.19. The van der Waals surface area contributed by atoms with Crippen molar-refractivity contribution >= 4 is 33.7 Å². The summed E-state index contributed by atoms with van der Waals surface area (Å²) in [6.45, 7) is 7.79. The van der Waals surface area contributed by atoms with Crippen LogP contribution in [0.2, 0.25) is 0 Å². The third-order valence-corrected chi connectivity index (χ3v) is 8.67. The van der Waals surface area contributed by atoms with E-state index in [0.717, 1.165) is 32.1 Å². The molecule has 4 rings (SSSR count). The van der Waals surface area contributed by atoms with Gasteiger partial charge in [0, 0.05) is 24.0 Å². The van der Waals surface area contributed by atoms with E-state index in [1.807, 2.05) is 4.90 Å². The van der Waals surface area contributed by atoms with Crippen molar-refractivity contribution in [2.45, 2.75) is 73.6 Å². The lowest BCUT2D eigenvalue weighted by Crippen LogP contribution is -2.59. The standard InChI is InChI=1S/C25H35BrN2O6/c1-3-5-14-33-24(32)18-19-22(30)28(12-13-29)21(25(19)15-17(26)20(18)34-25)23(31)27(11-4-2)16-9-7-6-8-10-16/h3-4,16-21,29H,1-2,5-15H2/t17?,18-,19+,20-,21?,25?/m1/s1. The van der Waals surface area contributed by atoms with Crippen molar-refractivity contribution in [1.82, 2.24) is 9.80 Å². The normalized spacial score (nSPS) is 34.7. The summed E-state index contributed by atoms with van der Waals surface area (Å²) in [7, 11) is 0. The van der Waals surface area contributed by atoms with Crippen LogP contribution in [-0.4, -0.2) is 87.6 Å². The molecule has 34 heavy (non-hydrogen) atoms. The molecule has 2 amide bonds. The minimum absolute atomic E-state index is 0.0132. The van der Waals surface area contributed by atoms with Crippen LogP contribution in [0.5, 0.6) is 0 Å². The van der Waals surface area contributed by atoms with Gasteiger partial charge in [-0.25, -0.2) is 0 Å². The van der Waals surface area contributed by atoms with Gasteiger partial charge in [0.2, 0.25) is 11.8 Å². The molecule has 3 saturated heterocycles. The molecule has 1 N–H and O–H groups in total. The first kappa shape index (κ1) is 25.4. The molecule has 0 aromatic rings. The van der Waals surface area contributed by atoms with Gasteiger partial charge in [0.25, 0.3) is 0 Å². The molecule has 3 heterocycles. The summed E-state index contributed by atoms with van der Waals surface area (Å²) >= 11 is 3.65.